The number of nitrogens with one attached hydrogen (secondary N) is 10. The van der Waals surface area contributed by atoms with Crippen molar-refractivity contribution >= 4 is 87.7 Å². The third-order valence-corrected chi connectivity index (χ3v) is 13.7. The molecular weight excluding hydrogens is 907 g/mol. The van der Waals surface area contributed by atoms with E-state index in [2.05, 4.69) is 47.5 Å². The second kappa shape index (κ2) is 27.9. The summed E-state index contributed by atoms with van der Waals surface area (Å²) < 4.78 is 0. The number of carbonyl (C=O) groups excluding carboxylic acids is 9. The lowest BCUT2D eigenvalue weighted by Crippen LogP contribution is -2.56. The summed E-state index contributed by atoms with van der Waals surface area (Å²) in [7, 11) is 0. The normalized spacial score (nSPS) is 18.0. The molecule has 0 spiro atoms. The first-order valence-corrected chi connectivity index (χ1v) is 25.2. The molecule has 1 aromatic heterocycles. The van der Waals surface area contributed by atoms with Crippen molar-refractivity contribution in [1.82, 2.24) is 53.0 Å². The highest BCUT2D eigenvalue weighted by Crippen LogP contribution is 2.33. The molecule has 0 aliphatic carbocycles. The summed E-state index contributed by atoms with van der Waals surface area (Å²) in [6.45, 7) is 3.08. The number of thioether (sulfide) groups is 2. The number of unbranched alkanes of at least 4 members (excludes halogenated alkanes) is 2. The number of fused-ring (bicyclic) bond motifs is 2. The molecule has 370 valence electrons. The predicted molar refractivity (Wildman–Crippen MR) is 254 cm³/mol. The van der Waals surface area contributed by atoms with E-state index in [-0.39, 0.29) is 55.6 Å². The largest absolute Gasteiger partial charge is 0.368 e. The Morgan fingerprint density at radius 2 is 1.57 bits per heavy atom. The first kappa shape index (κ1) is 54.1. The molecule has 23 heteroatoms. The molecule has 13 N–H and O–H groups in total. The summed E-state index contributed by atoms with van der Waals surface area (Å²) in [4.78, 5) is 118. The number of para-hydroxylation sites is 1. The van der Waals surface area contributed by atoms with Gasteiger partial charge in [-0.05, 0) is 74.5 Å². The summed E-state index contributed by atoms with van der Waals surface area (Å²) in [5, 5.41) is 32.0. The highest BCUT2D eigenvalue weighted by Gasteiger charge is 2.42. The number of H-pyrrole nitrogens is 1. The van der Waals surface area contributed by atoms with Crippen LogP contribution < -0.4 is 53.7 Å². The number of primary amides is 1. The fourth-order valence-electron chi connectivity index (χ4n) is 8.04. The van der Waals surface area contributed by atoms with E-state index in [0.29, 0.717) is 43.2 Å². The van der Waals surface area contributed by atoms with E-state index < -0.39 is 78.5 Å². The highest BCUT2D eigenvalue weighted by atomic mass is 32.2. The molecule has 2 fully saturated rings. The van der Waals surface area contributed by atoms with Crippen LogP contribution in [0.3, 0.4) is 0 Å². The number of nitrogens with two attached hydrogens (primary N) is 1. The van der Waals surface area contributed by atoms with Gasteiger partial charge < -0.3 is 53.3 Å². The molecule has 67 heavy (non-hydrogen) atoms. The predicted octanol–water partition coefficient (Wildman–Crippen LogP) is 0.206. The molecule has 0 saturated carbocycles. The molecule has 2 aliphatic heterocycles. The summed E-state index contributed by atoms with van der Waals surface area (Å²) in [6, 6.07) is 4.28. The van der Waals surface area contributed by atoms with E-state index in [0.717, 1.165) is 41.5 Å². The third-order valence-electron chi connectivity index (χ3n) is 11.5. The van der Waals surface area contributed by atoms with Gasteiger partial charge in [0.2, 0.25) is 47.3 Å². The smallest absolute Gasteiger partial charge is 0.315 e. The molecule has 4 rings (SSSR count). The van der Waals surface area contributed by atoms with Gasteiger partial charge in [0, 0.05) is 59.8 Å². The van der Waals surface area contributed by atoms with Gasteiger partial charge in [0.05, 0.1) is 25.2 Å². The Bertz CT molecular complexity index is 2040. The minimum atomic E-state index is -1.19. The van der Waals surface area contributed by atoms with E-state index in [1.165, 1.54) is 11.8 Å². The Kier molecular flexibility index (Phi) is 22.5. The van der Waals surface area contributed by atoms with E-state index in [1.54, 1.807) is 11.7 Å². The van der Waals surface area contributed by atoms with Gasteiger partial charge in [-0.2, -0.15) is 23.5 Å². The molecule has 2 aliphatic rings. The van der Waals surface area contributed by atoms with E-state index in [9.17, 15) is 43.2 Å². The number of hydrogen-bond acceptors (Lipinski definition) is 12. The van der Waals surface area contributed by atoms with Gasteiger partial charge in [-0.15, -0.1) is 0 Å². The molecule has 21 nitrogen and oxygen atoms in total. The Balaban J connectivity index is 1.20. The number of urea groups is 1. The van der Waals surface area contributed by atoms with Crippen molar-refractivity contribution < 1.29 is 48.4 Å². The van der Waals surface area contributed by atoms with E-state index in [4.69, 9.17) is 10.9 Å². The van der Waals surface area contributed by atoms with Gasteiger partial charge in [-0.3, -0.25) is 43.6 Å². The van der Waals surface area contributed by atoms with Crippen LogP contribution in [0.2, 0.25) is 0 Å². The molecule has 2 aromatic rings. The topological polar surface area (TPSA) is 324 Å². The van der Waals surface area contributed by atoms with Gasteiger partial charge >= 0.3 is 6.03 Å². The van der Waals surface area contributed by atoms with Crippen LogP contribution in [0.25, 0.3) is 10.9 Å². The second-order valence-electron chi connectivity index (χ2n) is 17.3. The SMILES string of the molecule is CSCC[C@H](NC(=O)[C@H](Cc1c[nH]c2ccccc12)NC(=O)C(CC(=O)NO)CC(C)C)C(=O)NCC(=O)NCC(=O)N[C@@H](CCCCNC(=O)CCCC[C@@H]1SC[C@@H]2NC(=O)N[C@@H]21)C(N)=O. The average Bonchev–Trinajstić information content (AvgIpc) is 4.00. The van der Waals surface area contributed by atoms with Crippen LogP contribution in [-0.4, -0.2) is 136 Å². The van der Waals surface area contributed by atoms with Crippen molar-refractivity contribution in [2.45, 2.75) is 120 Å². The number of benzene rings is 1. The van der Waals surface area contributed by atoms with Crippen molar-refractivity contribution in [3.63, 3.8) is 0 Å². The number of hydroxylamine groups is 1. The zero-order chi connectivity index (χ0) is 48.9. The molecule has 1 unspecified atom stereocenters. The van der Waals surface area contributed by atoms with Crippen LogP contribution in [0.5, 0.6) is 0 Å². The zero-order valence-electron chi connectivity index (χ0n) is 38.3. The van der Waals surface area contributed by atoms with Crippen LogP contribution in [0.15, 0.2) is 30.5 Å². The Morgan fingerprint density at radius 3 is 2.30 bits per heavy atom. The number of carbonyl (C=O) groups is 9. The van der Waals surface area contributed by atoms with Crippen molar-refractivity contribution in [2.75, 3.05) is 37.4 Å². The van der Waals surface area contributed by atoms with Crippen molar-refractivity contribution in [1.29, 1.82) is 0 Å². The van der Waals surface area contributed by atoms with Crippen LogP contribution in [0.1, 0.15) is 83.6 Å². The molecule has 3 heterocycles. The Morgan fingerprint density at radius 1 is 0.821 bits per heavy atom. The summed E-state index contributed by atoms with van der Waals surface area (Å²) >= 11 is 3.27. The van der Waals surface area contributed by atoms with Crippen molar-refractivity contribution in [2.24, 2.45) is 17.6 Å². The number of rotatable bonds is 30. The molecule has 0 radical (unpaired) electrons. The fourth-order valence-corrected chi connectivity index (χ4v) is 10.1. The summed E-state index contributed by atoms with van der Waals surface area (Å²) in [5.74, 6) is -4.46. The maximum atomic E-state index is 14.0. The maximum Gasteiger partial charge on any atom is 0.315 e. The minimum absolute atomic E-state index is 0.00480. The van der Waals surface area contributed by atoms with Crippen LogP contribution in [0, 0.1) is 11.8 Å². The molecule has 2 saturated heterocycles. The van der Waals surface area contributed by atoms with Gasteiger partial charge in [-0.1, -0.05) is 38.5 Å². The van der Waals surface area contributed by atoms with Crippen LogP contribution >= 0.6 is 23.5 Å². The van der Waals surface area contributed by atoms with Gasteiger partial charge in [0.1, 0.15) is 18.1 Å². The monoisotopic (exact) mass is 973 g/mol. The zero-order valence-corrected chi connectivity index (χ0v) is 40.0. The van der Waals surface area contributed by atoms with Crippen molar-refractivity contribution in [3.05, 3.63) is 36.0 Å². The standard InChI is InChI=1S/C44H67N11O10S2/c1-25(2)18-26(20-36(57)55-65)41(61)52-32(19-27-21-47-29-11-5-4-10-28(27)29)43(63)51-31(15-17-66-3)42(62)49-22-37(58)48-23-38(59)50-30(40(45)60)12-8-9-16-46-35(56)14-7-6-13-34-39-33(24-67-34)53-44(64)54-39/h4-5,10-11,21,25-26,30-34,39,47,65H,6-9,12-20,22-24H2,1-3H3,(H2,45,60)(H,46,56)(H,48,58)(H,49,62)(H,50,59)(H,51,63)(H,52,61)(H,55,57)(H2,53,54,64)/t26?,30-,31-,32-,33-,34-,39-/m0/s1. The lowest BCUT2D eigenvalue weighted by molar-refractivity contribution is -0.137. The highest BCUT2D eigenvalue weighted by molar-refractivity contribution is 8.00. The fraction of sp³-hybridized carbons (Fsp3) is 0.614. The molecule has 10 amide bonds. The van der Waals surface area contributed by atoms with Crippen molar-refractivity contribution in [3.8, 4) is 0 Å². The molecule has 7 atom stereocenters. The van der Waals surface area contributed by atoms with Gasteiger partial charge in [-0.25, -0.2) is 10.3 Å². The summed E-state index contributed by atoms with van der Waals surface area (Å²) in [6.07, 6.45) is 7.85. The third kappa shape index (κ3) is 18.2. The number of aromatic amines is 1. The van der Waals surface area contributed by atoms with Gasteiger partial charge in [0.15, 0.2) is 0 Å². The maximum absolute atomic E-state index is 14.0. The number of hydrogen-bond donors (Lipinski definition) is 12. The Labute approximate surface area is 398 Å². The average molecular weight is 974 g/mol. The first-order chi connectivity index (χ1) is 32.1. The molecule has 0 bridgehead atoms. The summed E-state index contributed by atoms with van der Waals surface area (Å²) in [5.41, 5.74) is 8.60. The quantitative estimate of drug-likeness (QED) is 0.0216. The lowest BCUT2D eigenvalue weighted by Gasteiger charge is -2.25. The Hall–Kier alpha value is -5.55. The molecule has 1 aromatic carbocycles. The van der Waals surface area contributed by atoms with Gasteiger partial charge in [0.25, 0.3) is 0 Å². The van der Waals surface area contributed by atoms with Crippen LogP contribution in [-0.2, 0) is 44.8 Å². The minimum Gasteiger partial charge on any atom is -0.368 e. The number of amides is 10. The van der Waals surface area contributed by atoms with E-state index >= 15 is 0 Å². The lowest BCUT2D eigenvalue weighted by atomic mass is 9.92. The second-order valence-corrected chi connectivity index (χ2v) is 19.5. The van der Waals surface area contributed by atoms with E-state index in [1.807, 2.05) is 56.1 Å². The first-order valence-electron chi connectivity index (χ1n) is 22.7. The molecular formula is C44H67N11O10S2. The van der Waals surface area contributed by atoms with Crippen LogP contribution in [0.4, 0.5) is 4.79 Å². The number of aromatic nitrogens is 1.